The third-order valence-corrected chi connectivity index (χ3v) is 3.09. The molecule has 120 valence electrons. The van der Waals surface area contributed by atoms with Crippen molar-refractivity contribution in [3.8, 4) is 5.88 Å². The Balaban J connectivity index is 2.66. The SMILES string of the molecule is CCCCOCCOc1nc(C(C)C)nc(NCC)c1C. The standard InChI is InChI=1S/C16H29N3O2/c1-6-8-9-20-10-11-21-16-13(5)15(17-7-2)18-14(19-16)12(3)4/h12H,6-11H2,1-5H3,(H,17,18,19). The van der Waals surface area contributed by atoms with Crippen LogP contribution >= 0.6 is 0 Å². The van der Waals surface area contributed by atoms with E-state index in [0.29, 0.717) is 19.1 Å². The summed E-state index contributed by atoms with van der Waals surface area (Å²) in [6.07, 6.45) is 2.24. The molecule has 0 saturated carbocycles. The molecule has 0 atom stereocenters. The maximum Gasteiger partial charge on any atom is 0.221 e. The predicted molar refractivity (Wildman–Crippen MR) is 86.2 cm³/mol. The quantitative estimate of drug-likeness (QED) is 0.669. The molecule has 0 aromatic carbocycles. The Morgan fingerprint density at radius 3 is 2.48 bits per heavy atom. The molecule has 0 aliphatic carbocycles. The molecule has 0 spiro atoms. The first kappa shape index (κ1) is 17.7. The first-order valence-corrected chi connectivity index (χ1v) is 7.93. The van der Waals surface area contributed by atoms with Gasteiger partial charge in [-0.15, -0.1) is 0 Å². The number of unbranched alkanes of at least 4 members (excludes halogenated alkanes) is 1. The van der Waals surface area contributed by atoms with Crippen LogP contribution in [0.15, 0.2) is 0 Å². The molecule has 0 amide bonds. The highest BCUT2D eigenvalue weighted by atomic mass is 16.5. The molecule has 0 radical (unpaired) electrons. The predicted octanol–water partition coefficient (Wildman–Crippen LogP) is 3.54. The number of nitrogens with one attached hydrogen (secondary N) is 1. The highest BCUT2D eigenvalue weighted by Crippen LogP contribution is 2.24. The molecule has 0 aliphatic heterocycles. The number of hydrogen-bond donors (Lipinski definition) is 1. The van der Waals surface area contributed by atoms with E-state index in [1.807, 2.05) is 6.92 Å². The Kier molecular flexibility index (Phi) is 8.05. The van der Waals surface area contributed by atoms with E-state index in [2.05, 4.69) is 43.0 Å². The minimum Gasteiger partial charge on any atom is -0.475 e. The van der Waals surface area contributed by atoms with Gasteiger partial charge in [0.1, 0.15) is 18.2 Å². The van der Waals surface area contributed by atoms with Crippen molar-refractivity contribution in [1.29, 1.82) is 0 Å². The van der Waals surface area contributed by atoms with Gasteiger partial charge in [-0.3, -0.25) is 0 Å². The number of hydrogen-bond acceptors (Lipinski definition) is 5. The van der Waals surface area contributed by atoms with Crippen molar-refractivity contribution in [3.63, 3.8) is 0 Å². The average molecular weight is 295 g/mol. The number of rotatable bonds is 10. The third kappa shape index (κ3) is 5.87. The number of ether oxygens (including phenoxy) is 2. The highest BCUT2D eigenvalue weighted by molar-refractivity contribution is 5.48. The summed E-state index contributed by atoms with van der Waals surface area (Å²) in [4.78, 5) is 9.08. The van der Waals surface area contributed by atoms with E-state index in [-0.39, 0.29) is 5.92 Å². The molecule has 1 aromatic rings. The van der Waals surface area contributed by atoms with Crippen molar-refractivity contribution < 1.29 is 9.47 Å². The monoisotopic (exact) mass is 295 g/mol. The Hall–Kier alpha value is -1.36. The maximum absolute atomic E-state index is 5.78. The van der Waals surface area contributed by atoms with Crippen LogP contribution in [0.5, 0.6) is 5.88 Å². The maximum atomic E-state index is 5.78. The second-order valence-electron chi connectivity index (χ2n) is 5.36. The van der Waals surface area contributed by atoms with Crippen LogP contribution in [-0.2, 0) is 4.74 Å². The van der Waals surface area contributed by atoms with Crippen LogP contribution in [0.25, 0.3) is 0 Å². The lowest BCUT2D eigenvalue weighted by atomic mass is 10.2. The number of anilines is 1. The molecule has 1 heterocycles. The van der Waals surface area contributed by atoms with E-state index in [9.17, 15) is 0 Å². The van der Waals surface area contributed by atoms with Crippen LogP contribution in [-0.4, -0.2) is 36.3 Å². The second-order valence-corrected chi connectivity index (χ2v) is 5.36. The van der Waals surface area contributed by atoms with Gasteiger partial charge in [0, 0.05) is 19.1 Å². The van der Waals surface area contributed by atoms with Crippen molar-refractivity contribution in [3.05, 3.63) is 11.4 Å². The summed E-state index contributed by atoms with van der Waals surface area (Å²) in [7, 11) is 0. The van der Waals surface area contributed by atoms with Gasteiger partial charge in [0.25, 0.3) is 0 Å². The normalized spacial score (nSPS) is 11.0. The van der Waals surface area contributed by atoms with Gasteiger partial charge in [-0.1, -0.05) is 27.2 Å². The van der Waals surface area contributed by atoms with E-state index < -0.39 is 0 Å². The second kappa shape index (κ2) is 9.55. The van der Waals surface area contributed by atoms with Crippen LogP contribution < -0.4 is 10.1 Å². The van der Waals surface area contributed by atoms with Crippen molar-refractivity contribution in [2.24, 2.45) is 0 Å². The Labute approximate surface area is 128 Å². The topological polar surface area (TPSA) is 56.3 Å². The zero-order chi connectivity index (χ0) is 15.7. The van der Waals surface area contributed by atoms with Crippen molar-refractivity contribution in [2.45, 2.75) is 53.4 Å². The lowest BCUT2D eigenvalue weighted by Gasteiger charge is -2.15. The summed E-state index contributed by atoms with van der Waals surface area (Å²) in [6, 6.07) is 0. The molecule has 21 heavy (non-hydrogen) atoms. The molecule has 0 saturated heterocycles. The first-order valence-electron chi connectivity index (χ1n) is 7.93. The summed E-state index contributed by atoms with van der Waals surface area (Å²) < 4.78 is 11.3. The Morgan fingerprint density at radius 2 is 1.86 bits per heavy atom. The van der Waals surface area contributed by atoms with Gasteiger partial charge in [-0.25, -0.2) is 4.98 Å². The minimum absolute atomic E-state index is 0.270. The van der Waals surface area contributed by atoms with Gasteiger partial charge in [0.15, 0.2) is 0 Å². The molecule has 1 N–H and O–H groups in total. The third-order valence-electron chi connectivity index (χ3n) is 3.09. The van der Waals surface area contributed by atoms with Gasteiger partial charge < -0.3 is 14.8 Å². The fraction of sp³-hybridized carbons (Fsp3) is 0.750. The zero-order valence-corrected chi connectivity index (χ0v) is 14.0. The van der Waals surface area contributed by atoms with E-state index in [1.54, 1.807) is 0 Å². The lowest BCUT2D eigenvalue weighted by molar-refractivity contribution is 0.0961. The van der Waals surface area contributed by atoms with Crippen LogP contribution in [0.4, 0.5) is 5.82 Å². The molecule has 1 rings (SSSR count). The molecule has 1 aromatic heterocycles. The summed E-state index contributed by atoms with van der Waals surface area (Å²) in [5, 5.41) is 3.27. The summed E-state index contributed by atoms with van der Waals surface area (Å²) >= 11 is 0. The smallest absolute Gasteiger partial charge is 0.221 e. The Bertz CT molecular complexity index is 422. The summed E-state index contributed by atoms with van der Waals surface area (Å²) in [6.45, 7) is 13.1. The van der Waals surface area contributed by atoms with E-state index in [4.69, 9.17) is 9.47 Å². The van der Waals surface area contributed by atoms with Gasteiger partial charge in [0.05, 0.1) is 12.2 Å². The highest BCUT2D eigenvalue weighted by Gasteiger charge is 2.13. The van der Waals surface area contributed by atoms with Crippen LogP contribution in [0, 0.1) is 6.92 Å². The summed E-state index contributed by atoms with van der Waals surface area (Å²) in [5.74, 6) is 2.59. The van der Waals surface area contributed by atoms with Gasteiger partial charge in [0.2, 0.25) is 5.88 Å². The van der Waals surface area contributed by atoms with Crippen LogP contribution in [0.2, 0.25) is 0 Å². The first-order chi connectivity index (χ1) is 10.1. The fourth-order valence-electron chi connectivity index (χ4n) is 1.80. The van der Waals surface area contributed by atoms with Crippen LogP contribution in [0.3, 0.4) is 0 Å². The molecule has 0 aliphatic rings. The van der Waals surface area contributed by atoms with Crippen LogP contribution in [0.1, 0.15) is 57.8 Å². The molecule has 5 nitrogen and oxygen atoms in total. The fourth-order valence-corrected chi connectivity index (χ4v) is 1.80. The molecule has 5 heteroatoms. The van der Waals surface area contributed by atoms with E-state index in [1.165, 1.54) is 0 Å². The lowest BCUT2D eigenvalue weighted by Crippen LogP contribution is -2.13. The number of aromatic nitrogens is 2. The van der Waals surface area contributed by atoms with Crippen molar-refractivity contribution in [2.75, 3.05) is 31.7 Å². The van der Waals surface area contributed by atoms with Gasteiger partial charge >= 0.3 is 0 Å². The molecule has 0 bridgehead atoms. The van der Waals surface area contributed by atoms with Gasteiger partial charge in [-0.05, 0) is 20.3 Å². The van der Waals surface area contributed by atoms with E-state index >= 15 is 0 Å². The number of nitrogens with zero attached hydrogens (tertiary/aromatic N) is 2. The average Bonchev–Trinajstić information content (AvgIpc) is 2.46. The largest absolute Gasteiger partial charge is 0.475 e. The zero-order valence-electron chi connectivity index (χ0n) is 14.0. The van der Waals surface area contributed by atoms with E-state index in [0.717, 1.165) is 43.2 Å². The summed E-state index contributed by atoms with van der Waals surface area (Å²) in [5.41, 5.74) is 0.954. The van der Waals surface area contributed by atoms with Gasteiger partial charge in [-0.2, -0.15) is 4.98 Å². The van der Waals surface area contributed by atoms with Crippen molar-refractivity contribution >= 4 is 5.82 Å². The molecule has 0 unspecified atom stereocenters. The Morgan fingerprint density at radius 1 is 1.10 bits per heavy atom. The molecule has 0 fully saturated rings. The van der Waals surface area contributed by atoms with Crippen molar-refractivity contribution in [1.82, 2.24) is 9.97 Å². The molecular weight excluding hydrogens is 266 g/mol. The minimum atomic E-state index is 0.270. The molecular formula is C16H29N3O2.